The summed E-state index contributed by atoms with van der Waals surface area (Å²) in [6.07, 6.45) is -0.356. The van der Waals surface area contributed by atoms with Crippen molar-refractivity contribution in [1.82, 2.24) is 5.32 Å². The fourth-order valence-corrected chi connectivity index (χ4v) is 2.31. The van der Waals surface area contributed by atoms with Gasteiger partial charge in [0.2, 0.25) is 11.8 Å². The SMILES string of the molecule is CCOC(=O)c1ccccc1NC(=O)CC(=O)NCc1ccc(Cl)cc1. The van der Waals surface area contributed by atoms with E-state index in [1.54, 1.807) is 55.5 Å². The van der Waals surface area contributed by atoms with Crippen LogP contribution in [0.3, 0.4) is 0 Å². The zero-order chi connectivity index (χ0) is 18.9. The molecular weight excluding hydrogens is 356 g/mol. The standard InChI is InChI=1S/C19H19ClN2O4/c1-2-26-19(25)15-5-3-4-6-16(15)22-18(24)11-17(23)21-12-13-7-9-14(20)10-8-13/h3-10H,2,11-12H2,1H3,(H,21,23)(H,22,24). The Labute approximate surface area is 156 Å². The van der Waals surface area contributed by atoms with Crippen molar-refractivity contribution in [3.8, 4) is 0 Å². The number of ether oxygens (including phenoxy) is 1. The second-order valence-electron chi connectivity index (χ2n) is 5.39. The van der Waals surface area contributed by atoms with E-state index in [0.717, 1.165) is 5.56 Å². The highest BCUT2D eigenvalue weighted by Gasteiger charge is 2.15. The molecule has 136 valence electrons. The first kappa shape index (κ1) is 19.5. The highest BCUT2D eigenvalue weighted by atomic mass is 35.5. The number of hydrogen-bond acceptors (Lipinski definition) is 4. The van der Waals surface area contributed by atoms with Crippen LogP contribution in [-0.4, -0.2) is 24.4 Å². The molecule has 2 amide bonds. The van der Waals surface area contributed by atoms with Crippen LogP contribution in [0.4, 0.5) is 5.69 Å². The Morgan fingerprint density at radius 1 is 1.00 bits per heavy atom. The number of para-hydroxylation sites is 1. The van der Waals surface area contributed by atoms with Gasteiger partial charge in [-0.05, 0) is 36.8 Å². The molecule has 2 aromatic carbocycles. The summed E-state index contributed by atoms with van der Waals surface area (Å²) in [5.74, 6) is -1.47. The minimum absolute atomic E-state index is 0.230. The molecule has 0 fully saturated rings. The zero-order valence-corrected chi connectivity index (χ0v) is 15.0. The van der Waals surface area contributed by atoms with Crippen LogP contribution in [0.25, 0.3) is 0 Å². The van der Waals surface area contributed by atoms with Gasteiger partial charge in [0.15, 0.2) is 0 Å². The van der Waals surface area contributed by atoms with Gasteiger partial charge in [-0.3, -0.25) is 9.59 Å². The molecule has 0 aliphatic rings. The van der Waals surface area contributed by atoms with Crippen LogP contribution in [0.1, 0.15) is 29.3 Å². The molecule has 0 spiro atoms. The van der Waals surface area contributed by atoms with E-state index in [-0.39, 0.29) is 18.6 Å². The molecule has 0 aliphatic heterocycles. The van der Waals surface area contributed by atoms with E-state index in [1.807, 2.05) is 0 Å². The van der Waals surface area contributed by atoms with Gasteiger partial charge in [-0.25, -0.2) is 4.79 Å². The van der Waals surface area contributed by atoms with E-state index in [9.17, 15) is 14.4 Å². The molecule has 7 heteroatoms. The molecule has 6 nitrogen and oxygen atoms in total. The van der Waals surface area contributed by atoms with Crippen LogP contribution in [-0.2, 0) is 20.9 Å². The summed E-state index contributed by atoms with van der Waals surface area (Å²) in [5.41, 5.74) is 1.42. The smallest absolute Gasteiger partial charge is 0.340 e. The number of carbonyl (C=O) groups is 3. The number of hydrogen-bond donors (Lipinski definition) is 2. The largest absolute Gasteiger partial charge is 0.462 e. The summed E-state index contributed by atoms with van der Waals surface area (Å²) in [5, 5.41) is 5.84. The van der Waals surface area contributed by atoms with E-state index in [4.69, 9.17) is 16.3 Å². The Bertz CT molecular complexity index is 790. The summed E-state index contributed by atoms with van der Waals surface area (Å²) in [6.45, 7) is 2.22. The van der Waals surface area contributed by atoms with E-state index >= 15 is 0 Å². The third kappa shape index (κ3) is 5.89. The van der Waals surface area contributed by atoms with Gasteiger partial charge in [0.05, 0.1) is 17.9 Å². The molecule has 0 radical (unpaired) electrons. The number of benzene rings is 2. The molecule has 0 saturated heterocycles. The lowest BCUT2D eigenvalue weighted by atomic mass is 10.1. The Kier molecular flexibility index (Phi) is 7.17. The molecule has 0 bridgehead atoms. The monoisotopic (exact) mass is 374 g/mol. The van der Waals surface area contributed by atoms with Gasteiger partial charge >= 0.3 is 5.97 Å². The van der Waals surface area contributed by atoms with Crippen molar-refractivity contribution in [2.75, 3.05) is 11.9 Å². The van der Waals surface area contributed by atoms with Crippen molar-refractivity contribution in [3.05, 3.63) is 64.7 Å². The second kappa shape index (κ2) is 9.58. The Hall–Kier alpha value is -2.86. The van der Waals surface area contributed by atoms with Crippen molar-refractivity contribution in [2.24, 2.45) is 0 Å². The third-order valence-electron chi connectivity index (χ3n) is 3.42. The van der Waals surface area contributed by atoms with Crippen molar-refractivity contribution in [3.63, 3.8) is 0 Å². The van der Waals surface area contributed by atoms with E-state index in [1.165, 1.54) is 0 Å². The maximum atomic E-state index is 12.1. The molecule has 26 heavy (non-hydrogen) atoms. The third-order valence-corrected chi connectivity index (χ3v) is 3.67. The molecule has 0 aromatic heterocycles. The van der Waals surface area contributed by atoms with Gasteiger partial charge in [0.25, 0.3) is 0 Å². The van der Waals surface area contributed by atoms with Gasteiger partial charge in [0, 0.05) is 11.6 Å². The van der Waals surface area contributed by atoms with E-state index in [2.05, 4.69) is 10.6 Å². The van der Waals surface area contributed by atoms with Gasteiger partial charge in [-0.15, -0.1) is 0 Å². The Balaban J connectivity index is 1.89. The van der Waals surface area contributed by atoms with Crippen molar-refractivity contribution in [1.29, 1.82) is 0 Å². The first-order chi connectivity index (χ1) is 12.5. The fraction of sp³-hybridized carbons (Fsp3) is 0.211. The topological polar surface area (TPSA) is 84.5 Å². The summed E-state index contributed by atoms with van der Waals surface area (Å²) in [4.78, 5) is 35.9. The lowest BCUT2D eigenvalue weighted by molar-refractivity contribution is -0.126. The van der Waals surface area contributed by atoms with Gasteiger partial charge in [-0.2, -0.15) is 0 Å². The number of nitrogens with one attached hydrogen (secondary N) is 2. The van der Waals surface area contributed by atoms with Crippen LogP contribution in [0, 0.1) is 0 Å². The maximum absolute atomic E-state index is 12.1. The average molecular weight is 375 g/mol. The molecule has 0 heterocycles. The number of carbonyl (C=O) groups excluding carboxylic acids is 3. The zero-order valence-electron chi connectivity index (χ0n) is 14.3. The van der Waals surface area contributed by atoms with Crippen molar-refractivity contribution < 1.29 is 19.1 Å². The number of esters is 1. The van der Waals surface area contributed by atoms with E-state index in [0.29, 0.717) is 17.3 Å². The number of halogens is 1. The Morgan fingerprint density at radius 2 is 1.69 bits per heavy atom. The molecule has 2 N–H and O–H groups in total. The quantitative estimate of drug-likeness (QED) is 0.576. The minimum atomic E-state index is -0.532. The minimum Gasteiger partial charge on any atom is -0.462 e. The molecule has 2 rings (SSSR count). The maximum Gasteiger partial charge on any atom is 0.340 e. The number of anilines is 1. The normalized spacial score (nSPS) is 10.1. The first-order valence-electron chi connectivity index (χ1n) is 8.06. The fourth-order valence-electron chi connectivity index (χ4n) is 2.18. The Morgan fingerprint density at radius 3 is 2.38 bits per heavy atom. The van der Waals surface area contributed by atoms with Crippen molar-refractivity contribution in [2.45, 2.75) is 19.9 Å². The predicted octanol–water partition coefficient (Wildman–Crippen LogP) is 3.16. The van der Waals surface area contributed by atoms with Gasteiger partial charge in [-0.1, -0.05) is 35.9 Å². The first-order valence-corrected chi connectivity index (χ1v) is 8.44. The number of rotatable bonds is 7. The highest BCUT2D eigenvalue weighted by Crippen LogP contribution is 2.16. The van der Waals surface area contributed by atoms with E-state index < -0.39 is 17.8 Å². The molecular formula is C19H19ClN2O4. The van der Waals surface area contributed by atoms with Crippen LogP contribution in [0.5, 0.6) is 0 Å². The predicted molar refractivity (Wildman–Crippen MR) is 98.9 cm³/mol. The van der Waals surface area contributed by atoms with Crippen LogP contribution < -0.4 is 10.6 Å². The highest BCUT2D eigenvalue weighted by molar-refractivity contribution is 6.30. The number of amides is 2. The van der Waals surface area contributed by atoms with Crippen molar-refractivity contribution >= 4 is 35.1 Å². The lowest BCUT2D eigenvalue weighted by Gasteiger charge is -2.10. The van der Waals surface area contributed by atoms with Gasteiger partial charge in [0.1, 0.15) is 6.42 Å². The summed E-state index contributed by atoms with van der Waals surface area (Å²) in [7, 11) is 0. The summed E-state index contributed by atoms with van der Waals surface area (Å²) >= 11 is 5.80. The molecule has 0 unspecified atom stereocenters. The molecule has 0 aliphatic carbocycles. The average Bonchev–Trinajstić information content (AvgIpc) is 2.62. The molecule has 2 aromatic rings. The summed E-state index contributed by atoms with van der Waals surface area (Å²) in [6, 6.07) is 13.5. The molecule has 0 saturated carbocycles. The lowest BCUT2D eigenvalue weighted by Crippen LogP contribution is -2.28. The van der Waals surface area contributed by atoms with Gasteiger partial charge < -0.3 is 15.4 Å². The van der Waals surface area contributed by atoms with Crippen LogP contribution >= 0.6 is 11.6 Å². The second-order valence-corrected chi connectivity index (χ2v) is 5.83. The van der Waals surface area contributed by atoms with Crippen LogP contribution in [0.15, 0.2) is 48.5 Å². The summed E-state index contributed by atoms with van der Waals surface area (Å²) < 4.78 is 4.95. The molecule has 0 atom stereocenters. The van der Waals surface area contributed by atoms with Crippen LogP contribution in [0.2, 0.25) is 5.02 Å².